The van der Waals surface area contributed by atoms with Crippen LogP contribution in [0.5, 0.6) is 0 Å². The Hall–Kier alpha value is -2.63. The largest absolute Gasteiger partial charge is 0.444 e. The summed E-state index contributed by atoms with van der Waals surface area (Å²) in [4.78, 5) is 16.2. The highest BCUT2D eigenvalue weighted by molar-refractivity contribution is 7.89. The number of nitrogens with one attached hydrogen (secondary N) is 1. The van der Waals surface area contributed by atoms with Crippen LogP contribution >= 0.6 is 0 Å². The summed E-state index contributed by atoms with van der Waals surface area (Å²) in [5, 5.41) is 3.89. The Morgan fingerprint density at radius 1 is 1.36 bits per heavy atom. The molecule has 1 N–H and O–H groups in total. The number of hydrogen-bond acceptors (Lipinski definition) is 5. The summed E-state index contributed by atoms with van der Waals surface area (Å²) < 4.78 is 33.2. The van der Waals surface area contributed by atoms with E-state index in [0.717, 1.165) is 0 Å². The number of sulfonamides is 1. The Kier molecular flexibility index (Phi) is 5.33. The normalized spacial score (nSPS) is 18.0. The molecule has 1 atom stereocenters. The smallest absolute Gasteiger partial charge is 0.407 e. The number of pyridine rings is 1. The number of nitrogens with zero attached hydrogens (tertiary/aromatic N) is 2. The number of rotatable bonds is 3. The first-order valence-electron chi connectivity index (χ1n) is 8.95. The van der Waals surface area contributed by atoms with Gasteiger partial charge in [-0.05, 0) is 33.3 Å². The SMILES string of the molecule is C#Cc1cncc2cccc(S(=O)(=O)N3CCC(NC(=O)OC(C)(C)C)C3)c12. The molecule has 0 radical (unpaired) electrons. The van der Waals surface area contributed by atoms with Crippen molar-refractivity contribution in [2.45, 2.75) is 43.7 Å². The molecule has 1 fully saturated rings. The minimum Gasteiger partial charge on any atom is -0.444 e. The Bertz CT molecular complexity index is 1050. The molecule has 1 saturated heterocycles. The number of hydrogen-bond donors (Lipinski definition) is 1. The van der Waals surface area contributed by atoms with E-state index in [4.69, 9.17) is 11.2 Å². The van der Waals surface area contributed by atoms with Crippen molar-refractivity contribution in [1.29, 1.82) is 0 Å². The predicted octanol–water partition coefficient (Wildman–Crippen LogP) is 2.50. The van der Waals surface area contributed by atoms with Gasteiger partial charge in [-0.2, -0.15) is 4.31 Å². The average molecular weight is 401 g/mol. The van der Waals surface area contributed by atoms with E-state index in [0.29, 0.717) is 29.3 Å². The number of carbonyl (C=O) groups excluding carboxylic acids is 1. The van der Waals surface area contributed by atoms with Crippen LogP contribution in [0.15, 0.2) is 35.5 Å². The molecular weight excluding hydrogens is 378 g/mol. The highest BCUT2D eigenvalue weighted by Gasteiger charge is 2.35. The molecule has 3 rings (SSSR count). The van der Waals surface area contributed by atoms with E-state index in [2.05, 4.69) is 16.2 Å². The minimum atomic E-state index is -3.78. The second-order valence-electron chi connectivity index (χ2n) is 7.68. The molecule has 0 saturated carbocycles. The van der Waals surface area contributed by atoms with E-state index in [1.807, 2.05) is 0 Å². The van der Waals surface area contributed by atoms with Crippen molar-refractivity contribution >= 4 is 26.9 Å². The molecule has 148 valence electrons. The zero-order chi connectivity index (χ0) is 20.5. The van der Waals surface area contributed by atoms with Crippen molar-refractivity contribution in [1.82, 2.24) is 14.6 Å². The fourth-order valence-corrected chi connectivity index (χ4v) is 4.94. The van der Waals surface area contributed by atoms with Crippen molar-refractivity contribution < 1.29 is 17.9 Å². The Labute approximate surface area is 165 Å². The lowest BCUT2D eigenvalue weighted by molar-refractivity contribution is 0.0507. The van der Waals surface area contributed by atoms with Crippen LogP contribution in [0, 0.1) is 12.3 Å². The molecular formula is C20H23N3O4S. The molecule has 1 amide bonds. The first kappa shape index (κ1) is 20.1. The van der Waals surface area contributed by atoms with Gasteiger partial charge in [0.2, 0.25) is 10.0 Å². The second kappa shape index (κ2) is 7.41. The van der Waals surface area contributed by atoms with E-state index in [1.165, 1.54) is 10.5 Å². The summed E-state index contributed by atoms with van der Waals surface area (Å²) in [6, 6.07) is 4.68. The molecule has 1 aliphatic heterocycles. The van der Waals surface area contributed by atoms with Crippen molar-refractivity contribution in [2.24, 2.45) is 0 Å². The summed E-state index contributed by atoms with van der Waals surface area (Å²) in [6.07, 6.45) is 8.58. The van der Waals surface area contributed by atoms with Crippen LogP contribution in [-0.4, -0.2) is 48.5 Å². The van der Waals surface area contributed by atoms with Gasteiger partial charge in [-0.1, -0.05) is 18.1 Å². The van der Waals surface area contributed by atoms with Crippen molar-refractivity contribution in [3.8, 4) is 12.3 Å². The summed E-state index contributed by atoms with van der Waals surface area (Å²) in [5.41, 5.74) is -0.184. The van der Waals surface area contributed by atoms with Gasteiger partial charge < -0.3 is 10.1 Å². The number of carbonyl (C=O) groups is 1. The van der Waals surface area contributed by atoms with Crippen molar-refractivity contribution in [3.05, 3.63) is 36.2 Å². The van der Waals surface area contributed by atoms with Gasteiger partial charge in [0.15, 0.2) is 0 Å². The fraction of sp³-hybridized carbons (Fsp3) is 0.400. The first-order valence-corrected chi connectivity index (χ1v) is 10.4. The maximum atomic E-state index is 13.3. The number of terminal acetylenes is 1. The lowest BCUT2D eigenvalue weighted by Gasteiger charge is -2.22. The van der Waals surface area contributed by atoms with Gasteiger partial charge in [-0.25, -0.2) is 13.2 Å². The molecule has 1 unspecified atom stereocenters. The van der Waals surface area contributed by atoms with Gasteiger partial charge in [-0.3, -0.25) is 4.98 Å². The summed E-state index contributed by atoms with van der Waals surface area (Å²) in [6.45, 7) is 5.80. The third-order valence-corrected chi connectivity index (χ3v) is 6.30. The monoisotopic (exact) mass is 401 g/mol. The number of ether oxygens (including phenoxy) is 1. The van der Waals surface area contributed by atoms with Gasteiger partial charge >= 0.3 is 6.09 Å². The zero-order valence-electron chi connectivity index (χ0n) is 16.1. The topological polar surface area (TPSA) is 88.6 Å². The average Bonchev–Trinajstić information content (AvgIpc) is 3.08. The molecule has 1 aliphatic rings. The van der Waals surface area contributed by atoms with Gasteiger partial charge in [-0.15, -0.1) is 6.42 Å². The standard InChI is InChI=1S/C20H23N3O4S/c1-5-14-11-21-12-15-7-6-8-17(18(14)15)28(25,26)23-10-9-16(13-23)22-19(24)27-20(2,3)4/h1,6-8,11-12,16H,9-10,13H2,2-4H3,(H,22,24). The van der Waals surface area contributed by atoms with Crippen molar-refractivity contribution in [2.75, 3.05) is 13.1 Å². The summed E-state index contributed by atoms with van der Waals surface area (Å²) in [5.74, 6) is 2.51. The third-order valence-electron chi connectivity index (χ3n) is 4.39. The Morgan fingerprint density at radius 3 is 2.79 bits per heavy atom. The van der Waals surface area contributed by atoms with Crippen LogP contribution < -0.4 is 5.32 Å². The molecule has 0 spiro atoms. The van der Waals surface area contributed by atoms with E-state index in [9.17, 15) is 13.2 Å². The molecule has 28 heavy (non-hydrogen) atoms. The lowest BCUT2D eigenvalue weighted by Crippen LogP contribution is -2.41. The molecule has 0 bridgehead atoms. The molecule has 1 aromatic heterocycles. The maximum absolute atomic E-state index is 13.3. The van der Waals surface area contributed by atoms with Crippen LogP contribution in [0.4, 0.5) is 4.79 Å². The van der Waals surface area contributed by atoms with Crippen LogP contribution in [0.3, 0.4) is 0 Å². The first-order chi connectivity index (χ1) is 13.1. The molecule has 2 aromatic rings. The molecule has 8 heteroatoms. The van der Waals surface area contributed by atoms with Crippen molar-refractivity contribution in [3.63, 3.8) is 0 Å². The van der Waals surface area contributed by atoms with Crippen LogP contribution in [-0.2, 0) is 14.8 Å². The van der Waals surface area contributed by atoms with Gasteiger partial charge in [0.05, 0.1) is 10.5 Å². The van der Waals surface area contributed by atoms with Gasteiger partial charge in [0, 0.05) is 42.3 Å². The predicted molar refractivity (Wildman–Crippen MR) is 106 cm³/mol. The maximum Gasteiger partial charge on any atom is 0.407 e. The van der Waals surface area contributed by atoms with Crippen LogP contribution in [0.25, 0.3) is 10.8 Å². The zero-order valence-corrected chi connectivity index (χ0v) is 16.9. The van der Waals surface area contributed by atoms with E-state index >= 15 is 0 Å². The number of alkyl carbamates (subject to hydrolysis) is 1. The molecule has 1 aromatic carbocycles. The summed E-state index contributed by atoms with van der Waals surface area (Å²) >= 11 is 0. The molecule has 0 aliphatic carbocycles. The second-order valence-corrected chi connectivity index (χ2v) is 9.59. The lowest BCUT2D eigenvalue weighted by atomic mass is 10.1. The number of benzene rings is 1. The minimum absolute atomic E-state index is 0.151. The van der Waals surface area contributed by atoms with E-state index < -0.39 is 21.7 Å². The van der Waals surface area contributed by atoms with Gasteiger partial charge in [0.1, 0.15) is 5.60 Å². The van der Waals surface area contributed by atoms with E-state index in [1.54, 1.807) is 45.2 Å². The Morgan fingerprint density at radius 2 is 2.11 bits per heavy atom. The molecule has 7 nitrogen and oxygen atoms in total. The van der Waals surface area contributed by atoms with E-state index in [-0.39, 0.29) is 17.5 Å². The fourth-order valence-electron chi connectivity index (χ4n) is 3.20. The third kappa shape index (κ3) is 4.11. The number of amides is 1. The van der Waals surface area contributed by atoms with Crippen LogP contribution in [0.1, 0.15) is 32.8 Å². The quantitative estimate of drug-likeness (QED) is 0.799. The number of fused-ring (bicyclic) bond motifs is 1. The Balaban J connectivity index is 1.85. The highest BCUT2D eigenvalue weighted by Crippen LogP contribution is 2.29. The van der Waals surface area contributed by atoms with Gasteiger partial charge in [0.25, 0.3) is 0 Å². The number of aromatic nitrogens is 1. The highest BCUT2D eigenvalue weighted by atomic mass is 32.2. The summed E-state index contributed by atoms with van der Waals surface area (Å²) in [7, 11) is -3.78. The molecule has 2 heterocycles. The van der Waals surface area contributed by atoms with Crippen LogP contribution in [0.2, 0.25) is 0 Å².